The Labute approximate surface area is 98.0 Å². The van der Waals surface area contributed by atoms with Crippen LogP contribution in [-0.4, -0.2) is 29.5 Å². The molecule has 1 N–H and O–H groups in total. The van der Waals surface area contributed by atoms with E-state index in [0.717, 1.165) is 12.1 Å². The van der Waals surface area contributed by atoms with Gasteiger partial charge in [0.05, 0.1) is 30.1 Å². The Morgan fingerprint density at radius 3 is 2.62 bits per heavy atom. The van der Waals surface area contributed by atoms with Crippen LogP contribution in [0, 0.1) is 0 Å². The van der Waals surface area contributed by atoms with Crippen LogP contribution in [0.2, 0.25) is 0 Å². The molecule has 1 aromatic rings. The van der Waals surface area contributed by atoms with Crippen LogP contribution in [0.4, 0.5) is 0 Å². The number of rotatable bonds is 6. The Morgan fingerprint density at radius 2 is 2.19 bits per heavy atom. The number of likely N-dealkylation sites (N-methyl/N-ethyl adjacent to an activating group) is 1. The molecule has 0 saturated heterocycles. The van der Waals surface area contributed by atoms with Gasteiger partial charge in [-0.2, -0.15) is 5.10 Å². The van der Waals surface area contributed by atoms with E-state index in [1.54, 1.807) is 0 Å². The number of nitrogens with zero attached hydrogens (tertiary/aromatic N) is 2. The third-order valence-corrected chi connectivity index (χ3v) is 2.63. The van der Waals surface area contributed by atoms with Gasteiger partial charge in [0.15, 0.2) is 0 Å². The Hall–Kier alpha value is -0.870. The molecule has 16 heavy (non-hydrogen) atoms. The molecule has 4 heteroatoms. The molecule has 0 bridgehead atoms. The zero-order valence-electron chi connectivity index (χ0n) is 10.9. The minimum atomic E-state index is 0.209. The monoisotopic (exact) mass is 225 g/mol. The molecule has 1 unspecified atom stereocenters. The van der Waals surface area contributed by atoms with Crippen molar-refractivity contribution < 1.29 is 4.74 Å². The largest absolute Gasteiger partial charge is 0.377 e. The molecule has 4 nitrogen and oxygen atoms in total. The fourth-order valence-electron chi connectivity index (χ4n) is 1.65. The molecular formula is C12H23N3O. The van der Waals surface area contributed by atoms with E-state index in [1.165, 1.54) is 5.69 Å². The smallest absolute Gasteiger partial charge is 0.0727 e. The van der Waals surface area contributed by atoms with Gasteiger partial charge in [0.25, 0.3) is 0 Å². The van der Waals surface area contributed by atoms with Crippen LogP contribution in [0.1, 0.15) is 38.2 Å². The quantitative estimate of drug-likeness (QED) is 0.800. The van der Waals surface area contributed by atoms with Gasteiger partial charge in [-0.25, -0.2) is 0 Å². The molecule has 1 atom stereocenters. The van der Waals surface area contributed by atoms with E-state index >= 15 is 0 Å². The highest BCUT2D eigenvalue weighted by Gasteiger charge is 2.15. The molecule has 0 aliphatic carbocycles. The fourth-order valence-corrected chi connectivity index (χ4v) is 1.65. The predicted octanol–water partition coefficient (Wildman–Crippen LogP) is 1.67. The average Bonchev–Trinajstić information content (AvgIpc) is 2.61. The first-order valence-electron chi connectivity index (χ1n) is 5.90. The topological polar surface area (TPSA) is 39.1 Å². The van der Waals surface area contributed by atoms with E-state index < -0.39 is 0 Å². The summed E-state index contributed by atoms with van der Waals surface area (Å²) < 4.78 is 7.58. The molecule has 92 valence electrons. The summed E-state index contributed by atoms with van der Waals surface area (Å²) in [4.78, 5) is 0. The second kappa shape index (κ2) is 6.01. The van der Waals surface area contributed by atoms with Gasteiger partial charge in [-0.1, -0.05) is 6.92 Å². The molecular weight excluding hydrogens is 202 g/mol. The van der Waals surface area contributed by atoms with Crippen LogP contribution in [0.25, 0.3) is 0 Å². The van der Waals surface area contributed by atoms with Crippen molar-refractivity contribution in [2.45, 2.75) is 39.3 Å². The number of nitrogens with one attached hydrogen (secondary N) is 1. The molecule has 1 aromatic heterocycles. The number of ether oxygens (including phenoxy) is 1. The second-order valence-corrected chi connectivity index (χ2v) is 4.26. The Bertz CT molecular complexity index is 320. The number of aromatic nitrogens is 2. The maximum Gasteiger partial charge on any atom is 0.0727 e. The van der Waals surface area contributed by atoms with Gasteiger partial charge in [0, 0.05) is 7.05 Å². The number of hydrogen-bond acceptors (Lipinski definition) is 3. The first-order chi connectivity index (χ1) is 7.58. The zero-order valence-corrected chi connectivity index (χ0v) is 10.9. The Balaban J connectivity index is 2.73. The van der Waals surface area contributed by atoms with Crippen LogP contribution < -0.4 is 5.32 Å². The summed E-state index contributed by atoms with van der Waals surface area (Å²) in [5.74, 6) is 0. The third-order valence-electron chi connectivity index (χ3n) is 2.63. The van der Waals surface area contributed by atoms with Crippen LogP contribution >= 0.6 is 0 Å². The molecule has 0 aliphatic heterocycles. The molecule has 1 rings (SSSR count). The summed E-state index contributed by atoms with van der Waals surface area (Å²) >= 11 is 0. The van der Waals surface area contributed by atoms with E-state index in [-0.39, 0.29) is 12.1 Å². The summed E-state index contributed by atoms with van der Waals surface area (Å²) in [5.41, 5.74) is 2.31. The highest BCUT2D eigenvalue weighted by molar-refractivity contribution is 5.14. The van der Waals surface area contributed by atoms with E-state index in [4.69, 9.17) is 4.74 Å². The van der Waals surface area contributed by atoms with Crippen molar-refractivity contribution in [3.63, 3.8) is 0 Å². The van der Waals surface area contributed by atoms with Gasteiger partial charge in [-0.05, 0) is 33.4 Å². The minimum Gasteiger partial charge on any atom is -0.377 e. The minimum absolute atomic E-state index is 0.209. The lowest BCUT2D eigenvalue weighted by Gasteiger charge is -2.18. The first-order valence-corrected chi connectivity index (χ1v) is 5.90. The molecule has 0 aliphatic rings. The van der Waals surface area contributed by atoms with Gasteiger partial charge in [-0.3, -0.25) is 4.68 Å². The molecule has 0 saturated carbocycles. The normalized spacial score (nSPS) is 13.4. The van der Waals surface area contributed by atoms with E-state index in [0.29, 0.717) is 6.61 Å². The number of aryl methyl sites for hydroxylation is 2. The summed E-state index contributed by atoms with van der Waals surface area (Å²) in [6.07, 6.45) is 1.23. The summed E-state index contributed by atoms with van der Waals surface area (Å²) in [7, 11) is 3.93. The van der Waals surface area contributed by atoms with Gasteiger partial charge < -0.3 is 10.1 Å². The zero-order chi connectivity index (χ0) is 12.1. The van der Waals surface area contributed by atoms with E-state index in [2.05, 4.69) is 23.4 Å². The van der Waals surface area contributed by atoms with E-state index in [1.807, 2.05) is 32.6 Å². The lowest BCUT2D eigenvalue weighted by molar-refractivity contribution is 0.0611. The van der Waals surface area contributed by atoms with Crippen molar-refractivity contribution in [3.05, 3.63) is 17.5 Å². The molecule has 0 radical (unpaired) electrons. The molecule has 0 aromatic carbocycles. The van der Waals surface area contributed by atoms with Gasteiger partial charge in [0.1, 0.15) is 0 Å². The predicted molar refractivity (Wildman–Crippen MR) is 65.5 cm³/mol. The van der Waals surface area contributed by atoms with Crippen molar-refractivity contribution in [2.75, 3.05) is 13.7 Å². The van der Waals surface area contributed by atoms with Crippen molar-refractivity contribution in [1.29, 1.82) is 0 Å². The van der Waals surface area contributed by atoms with Crippen LogP contribution in [0.3, 0.4) is 0 Å². The van der Waals surface area contributed by atoms with Crippen molar-refractivity contribution in [3.8, 4) is 0 Å². The Kier molecular flexibility index (Phi) is 4.96. The van der Waals surface area contributed by atoms with Crippen LogP contribution in [0.5, 0.6) is 0 Å². The second-order valence-electron chi connectivity index (χ2n) is 4.26. The van der Waals surface area contributed by atoms with Crippen LogP contribution in [-0.2, 0) is 18.2 Å². The maximum absolute atomic E-state index is 5.64. The van der Waals surface area contributed by atoms with Crippen LogP contribution in [0.15, 0.2) is 6.07 Å². The van der Waals surface area contributed by atoms with E-state index in [9.17, 15) is 0 Å². The summed E-state index contributed by atoms with van der Waals surface area (Å²) in [6, 6.07) is 2.35. The maximum atomic E-state index is 5.64. The van der Waals surface area contributed by atoms with Gasteiger partial charge >= 0.3 is 0 Å². The van der Waals surface area contributed by atoms with Gasteiger partial charge in [-0.15, -0.1) is 0 Å². The average molecular weight is 225 g/mol. The van der Waals surface area contributed by atoms with Gasteiger partial charge in [0.2, 0.25) is 0 Å². The highest BCUT2D eigenvalue weighted by Crippen LogP contribution is 2.15. The lowest BCUT2D eigenvalue weighted by atomic mass is 10.2. The molecule has 1 heterocycles. The third kappa shape index (κ3) is 3.32. The molecule has 0 spiro atoms. The van der Waals surface area contributed by atoms with Crippen molar-refractivity contribution in [2.24, 2.45) is 7.05 Å². The first kappa shape index (κ1) is 13.2. The fraction of sp³-hybridized carbons (Fsp3) is 0.750. The highest BCUT2D eigenvalue weighted by atomic mass is 16.5. The lowest BCUT2D eigenvalue weighted by Crippen LogP contribution is -2.25. The molecule has 0 fully saturated rings. The van der Waals surface area contributed by atoms with Crippen molar-refractivity contribution in [1.82, 2.24) is 15.1 Å². The number of hydrogen-bond donors (Lipinski definition) is 1. The summed E-state index contributed by atoms with van der Waals surface area (Å²) in [5, 5.41) is 7.71. The Morgan fingerprint density at radius 1 is 1.50 bits per heavy atom. The van der Waals surface area contributed by atoms with Crippen molar-refractivity contribution >= 4 is 0 Å². The molecule has 0 amide bonds. The SMILES string of the molecule is CCc1cc(C(COC(C)C)NC)n(C)n1. The summed E-state index contributed by atoms with van der Waals surface area (Å²) in [6.45, 7) is 6.89. The standard InChI is InChI=1S/C12H23N3O/c1-6-10-7-12(15(5)14-10)11(13-4)8-16-9(2)3/h7,9,11,13H,6,8H2,1-5H3.